The average Bonchev–Trinajstić information content (AvgIpc) is 3.03. The first-order valence-electron chi connectivity index (χ1n) is 7.56. The molecule has 1 atom stereocenters. The van der Waals surface area contributed by atoms with Crippen molar-refractivity contribution in [3.63, 3.8) is 0 Å². The number of rotatable bonds is 6. The highest BCUT2D eigenvalue weighted by Crippen LogP contribution is 2.19. The molecule has 3 rings (SSSR count). The van der Waals surface area contributed by atoms with Gasteiger partial charge in [-0.25, -0.2) is 0 Å². The molecule has 3 aromatic rings. The second-order valence-electron chi connectivity index (χ2n) is 5.50. The van der Waals surface area contributed by atoms with E-state index in [9.17, 15) is 0 Å². The van der Waals surface area contributed by atoms with E-state index in [2.05, 4.69) is 10.1 Å². The molecule has 23 heavy (non-hydrogen) atoms. The Labute approximate surface area is 135 Å². The van der Waals surface area contributed by atoms with Crippen LogP contribution in [0.2, 0.25) is 0 Å². The number of benzene rings is 2. The molecule has 0 aliphatic carbocycles. The summed E-state index contributed by atoms with van der Waals surface area (Å²) in [6.07, 6.45) is 0.815. The standard InChI is InChI=1S/C18H19N3O2/c1-13(19)10-14-6-5-7-15(11-14)18-20-17(23-21-18)12-22-16-8-3-2-4-9-16/h2-9,11,13H,10,12,19H2,1H3. The summed E-state index contributed by atoms with van der Waals surface area (Å²) in [6.45, 7) is 2.23. The predicted molar refractivity (Wildman–Crippen MR) is 87.9 cm³/mol. The van der Waals surface area contributed by atoms with Crippen molar-refractivity contribution in [1.82, 2.24) is 10.1 Å². The molecule has 2 N–H and O–H groups in total. The molecule has 0 aliphatic heterocycles. The zero-order valence-electron chi connectivity index (χ0n) is 13.0. The molecule has 1 unspecified atom stereocenters. The van der Waals surface area contributed by atoms with Crippen LogP contribution < -0.4 is 10.5 Å². The van der Waals surface area contributed by atoms with Gasteiger partial charge in [0.1, 0.15) is 5.75 Å². The van der Waals surface area contributed by atoms with Crippen molar-refractivity contribution in [2.45, 2.75) is 26.0 Å². The molecule has 0 amide bonds. The first-order chi connectivity index (χ1) is 11.2. The van der Waals surface area contributed by atoms with E-state index < -0.39 is 0 Å². The Morgan fingerprint density at radius 3 is 2.74 bits per heavy atom. The zero-order valence-corrected chi connectivity index (χ0v) is 13.0. The van der Waals surface area contributed by atoms with E-state index in [1.54, 1.807) is 0 Å². The van der Waals surface area contributed by atoms with Gasteiger partial charge in [0.15, 0.2) is 6.61 Å². The summed E-state index contributed by atoms with van der Waals surface area (Å²) in [5, 5.41) is 4.02. The average molecular weight is 309 g/mol. The molecule has 0 radical (unpaired) electrons. The van der Waals surface area contributed by atoms with E-state index in [1.807, 2.05) is 61.5 Å². The maximum atomic E-state index is 5.85. The molecule has 0 saturated heterocycles. The Kier molecular flexibility index (Phi) is 4.68. The van der Waals surface area contributed by atoms with Crippen molar-refractivity contribution in [3.05, 3.63) is 66.1 Å². The normalized spacial score (nSPS) is 12.1. The quantitative estimate of drug-likeness (QED) is 0.757. The third-order valence-corrected chi connectivity index (χ3v) is 3.32. The Balaban J connectivity index is 1.69. The summed E-state index contributed by atoms with van der Waals surface area (Å²) in [5.74, 6) is 1.77. The van der Waals surface area contributed by atoms with Crippen LogP contribution in [0.5, 0.6) is 5.75 Å². The molecule has 0 fully saturated rings. The van der Waals surface area contributed by atoms with Gasteiger partial charge in [-0.15, -0.1) is 0 Å². The highest BCUT2D eigenvalue weighted by Gasteiger charge is 2.10. The molecule has 0 saturated carbocycles. The molecular formula is C18H19N3O2. The van der Waals surface area contributed by atoms with Crippen LogP contribution in [0.3, 0.4) is 0 Å². The van der Waals surface area contributed by atoms with Crippen LogP contribution in [0.1, 0.15) is 18.4 Å². The highest BCUT2D eigenvalue weighted by molar-refractivity contribution is 5.55. The van der Waals surface area contributed by atoms with Gasteiger partial charge in [-0.2, -0.15) is 4.98 Å². The number of hydrogen-bond donors (Lipinski definition) is 1. The Morgan fingerprint density at radius 1 is 1.13 bits per heavy atom. The van der Waals surface area contributed by atoms with Crippen LogP contribution in [-0.2, 0) is 13.0 Å². The molecular weight excluding hydrogens is 290 g/mol. The minimum Gasteiger partial charge on any atom is -0.484 e. The molecule has 1 heterocycles. The molecule has 5 heteroatoms. The van der Waals surface area contributed by atoms with Crippen LogP contribution in [0.25, 0.3) is 11.4 Å². The predicted octanol–water partition coefficient (Wildman–Crippen LogP) is 3.21. The first-order valence-corrected chi connectivity index (χ1v) is 7.56. The van der Waals surface area contributed by atoms with E-state index in [1.165, 1.54) is 0 Å². The maximum absolute atomic E-state index is 5.85. The lowest BCUT2D eigenvalue weighted by Crippen LogP contribution is -2.17. The lowest BCUT2D eigenvalue weighted by Gasteiger charge is -2.05. The van der Waals surface area contributed by atoms with Gasteiger partial charge >= 0.3 is 0 Å². The van der Waals surface area contributed by atoms with Gasteiger partial charge in [0.2, 0.25) is 5.82 Å². The monoisotopic (exact) mass is 309 g/mol. The SMILES string of the molecule is CC(N)Cc1cccc(-c2noc(COc3ccccc3)n2)c1. The fraction of sp³-hybridized carbons (Fsp3) is 0.222. The minimum atomic E-state index is 0.116. The van der Waals surface area contributed by atoms with Crippen LogP contribution in [0.15, 0.2) is 59.1 Å². The van der Waals surface area contributed by atoms with Crippen molar-refractivity contribution in [2.24, 2.45) is 5.73 Å². The number of nitrogens with two attached hydrogens (primary N) is 1. The molecule has 0 bridgehead atoms. The fourth-order valence-corrected chi connectivity index (χ4v) is 2.30. The summed E-state index contributed by atoms with van der Waals surface area (Å²) < 4.78 is 10.9. The molecule has 1 aromatic heterocycles. The lowest BCUT2D eigenvalue weighted by atomic mass is 10.0. The van der Waals surface area contributed by atoms with Crippen molar-refractivity contribution >= 4 is 0 Å². The topological polar surface area (TPSA) is 74.2 Å². The Morgan fingerprint density at radius 2 is 1.96 bits per heavy atom. The summed E-state index contributed by atoms with van der Waals surface area (Å²) >= 11 is 0. The largest absolute Gasteiger partial charge is 0.484 e. The zero-order chi connectivity index (χ0) is 16.1. The maximum Gasteiger partial charge on any atom is 0.264 e. The number of ether oxygens (including phenoxy) is 1. The third-order valence-electron chi connectivity index (χ3n) is 3.32. The van der Waals surface area contributed by atoms with E-state index in [0.717, 1.165) is 23.3 Å². The minimum absolute atomic E-state index is 0.116. The number of aromatic nitrogens is 2. The summed E-state index contributed by atoms with van der Waals surface area (Å²) in [5.41, 5.74) is 7.92. The molecule has 2 aromatic carbocycles. The van der Waals surface area contributed by atoms with Crippen LogP contribution >= 0.6 is 0 Å². The second kappa shape index (κ2) is 7.07. The fourth-order valence-electron chi connectivity index (χ4n) is 2.30. The van der Waals surface area contributed by atoms with Crippen molar-refractivity contribution in [3.8, 4) is 17.1 Å². The van der Waals surface area contributed by atoms with E-state index in [0.29, 0.717) is 11.7 Å². The third kappa shape index (κ3) is 4.17. The molecule has 0 spiro atoms. The number of para-hydroxylation sites is 1. The van der Waals surface area contributed by atoms with Gasteiger partial charge in [0.25, 0.3) is 5.89 Å². The number of hydrogen-bond acceptors (Lipinski definition) is 5. The summed E-state index contributed by atoms with van der Waals surface area (Å²) in [6, 6.07) is 17.7. The van der Waals surface area contributed by atoms with Crippen molar-refractivity contribution in [1.29, 1.82) is 0 Å². The van der Waals surface area contributed by atoms with E-state index in [4.69, 9.17) is 15.0 Å². The highest BCUT2D eigenvalue weighted by atomic mass is 16.5. The lowest BCUT2D eigenvalue weighted by molar-refractivity contribution is 0.243. The summed E-state index contributed by atoms with van der Waals surface area (Å²) in [7, 11) is 0. The van der Waals surface area contributed by atoms with Gasteiger partial charge in [-0.1, -0.05) is 41.6 Å². The molecule has 118 valence electrons. The Bertz CT molecular complexity index is 754. The van der Waals surface area contributed by atoms with Crippen LogP contribution in [-0.4, -0.2) is 16.2 Å². The number of nitrogens with zero attached hydrogens (tertiary/aromatic N) is 2. The van der Waals surface area contributed by atoms with Gasteiger partial charge in [0.05, 0.1) is 0 Å². The van der Waals surface area contributed by atoms with Crippen molar-refractivity contribution < 1.29 is 9.26 Å². The second-order valence-corrected chi connectivity index (χ2v) is 5.50. The van der Waals surface area contributed by atoms with Gasteiger partial charge in [-0.3, -0.25) is 0 Å². The molecule has 0 aliphatic rings. The first kappa shape index (κ1) is 15.2. The van der Waals surface area contributed by atoms with E-state index >= 15 is 0 Å². The Hall–Kier alpha value is -2.66. The molecule has 5 nitrogen and oxygen atoms in total. The van der Waals surface area contributed by atoms with Gasteiger partial charge in [-0.05, 0) is 37.1 Å². The summed E-state index contributed by atoms with van der Waals surface area (Å²) in [4.78, 5) is 4.38. The van der Waals surface area contributed by atoms with E-state index in [-0.39, 0.29) is 12.6 Å². The van der Waals surface area contributed by atoms with Gasteiger partial charge < -0.3 is 15.0 Å². The van der Waals surface area contributed by atoms with Gasteiger partial charge in [0, 0.05) is 11.6 Å². The smallest absolute Gasteiger partial charge is 0.264 e. The van der Waals surface area contributed by atoms with Crippen LogP contribution in [0.4, 0.5) is 0 Å². The van der Waals surface area contributed by atoms with Crippen molar-refractivity contribution in [2.75, 3.05) is 0 Å². The van der Waals surface area contributed by atoms with Crippen LogP contribution in [0, 0.1) is 0 Å².